The van der Waals surface area contributed by atoms with Crippen LogP contribution in [0.15, 0.2) is 29.3 Å². The second-order valence-electron chi connectivity index (χ2n) is 6.01. The predicted molar refractivity (Wildman–Crippen MR) is 87.8 cm³/mol. The van der Waals surface area contributed by atoms with Crippen molar-refractivity contribution < 1.29 is 9.53 Å². The van der Waals surface area contributed by atoms with Crippen LogP contribution in [0.1, 0.15) is 11.3 Å². The quantitative estimate of drug-likeness (QED) is 0.736. The third kappa shape index (κ3) is 3.22. The Kier molecular flexibility index (Phi) is 4.14. The molecule has 9 nitrogen and oxygen atoms in total. The molecule has 0 aromatic carbocycles. The minimum absolute atomic E-state index is 0.0720. The van der Waals surface area contributed by atoms with E-state index >= 15 is 0 Å². The highest BCUT2D eigenvalue weighted by Crippen LogP contribution is 2.23. The Bertz CT molecular complexity index is 846. The summed E-state index contributed by atoms with van der Waals surface area (Å²) in [5.74, 6) is 0.518. The predicted octanol–water partition coefficient (Wildman–Crippen LogP) is -0.588. The molecule has 0 saturated carbocycles. The molecule has 0 radical (unpaired) electrons. The van der Waals surface area contributed by atoms with Gasteiger partial charge in [0.05, 0.1) is 25.5 Å². The molecule has 0 unspecified atom stereocenters. The highest BCUT2D eigenvalue weighted by molar-refractivity contribution is 5.76. The Morgan fingerprint density at radius 2 is 2.08 bits per heavy atom. The highest BCUT2D eigenvalue weighted by atomic mass is 16.5. The summed E-state index contributed by atoms with van der Waals surface area (Å²) >= 11 is 0. The van der Waals surface area contributed by atoms with Crippen molar-refractivity contribution in [3.05, 3.63) is 46.1 Å². The average Bonchev–Trinajstić information content (AvgIpc) is 3.08. The lowest BCUT2D eigenvalue weighted by molar-refractivity contribution is -0.132. The molecule has 2 aromatic rings. The third-order valence-electron chi connectivity index (χ3n) is 4.36. The third-order valence-corrected chi connectivity index (χ3v) is 4.36. The Morgan fingerprint density at radius 1 is 1.24 bits per heavy atom. The van der Waals surface area contributed by atoms with E-state index in [1.807, 2.05) is 0 Å². The standard InChI is InChI=1S/C16H18N6O3/c23-14-2-1-3-18-22(14)11-15(24)21-9-12-8-17-16(19-13(12)10-21)20-4-6-25-7-5-20/h1-3,8H,4-7,9-11H2. The molecular formula is C16H18N6O3. The number of ether oxygens (including phenoxy) is 1. The van der Waals surface area contributed by atoms with Crippen LogP contribution in [0.4, 0.5) is 5.95 Å². The molecule has 2 aliphatic rings. The number of amides is 1. The van der Waals surface area contributed by atoms with Crippen LogP contribution < -0.4 is 10.5 Å². The first-order valence-corrected chi connectivity index (χ1v) is 8.18. The number of hydrogen-bond donors (Lipinski definition) is 0. The van der Waals surface area contributed by atoms with E-state index in [9.17, 15) is 9.59 Å². The monoisotopic (exact) mass is 342 g/mol. The molecule has 0 N–H and O–H groups in total. The van der Waals surface area contributed by atoms with E-state index in [4.69, 9.17) is 4.74 Å². The number of fused-ring (bicyclic) bond motifs is 1. The van der Waals surface area contributed by atoms with Gasteiger partial charge in [0.25, 0.3) is 5.56 Å². The number of anilines is 1. The van der Waals surface area contributed by atoms with Crippen LogP contribution in [0.25, 0.3) is 0 Å². The molecule has 1 amide bonds. The van der Waals surface area contributed by atoms with E-state index in [-0.39, 0.29) is 18.0 Å². The van der Waals surface area contributed by atoms with Crippen LogP contribution in [-0.2, 0) is 29.2 Å². The van der Waals surface area contributed by atoms with Crippen LogP contribution in [-0.4, -0.2) is 56.9 Å². The van der Waals surface area contributed by atoms with Gasteiger partial charge in [-0.2, -0.15) is 5.10 Å². The average molecular weight is 342 g/mol. The van der Waals surface area contributed by atoms with Crippen LogP contribution in [0.3, 0.4) is 0 Å². The zero-order valence-corrected chi connectivity index (χ0v) is 13.7. The van der Waals surface area contributed by atoms with E-state index in [1.165, 1.54) is 12.3 Å². The molecule has 1 saturated heterocycles. The van der Waals surface area contributed by atoms with E-state index in [1.54, 1.807) is 17.2 Å². The second-order valence-corrected chi connectivity index (χ2v) is 6.01. The van der Waals surface area contributed by atoms with Gasteiger partial charge in [-0.15, -0.1) is 0 Å². The van der Waals surface area contributed by atoms with Crippen molar-refractivity contribution in [3.8, 4) is 0 Å². The molecule has 0 spiro atoms. The van der Waals surface area contributed by atoms with Crippen LogP contribution in [0.5, 0.6) is 0 Å². The molecule has 4 rings (SSSR count). The van der Waals surface area contributed by atoms with Crippen LogP contribution >= 0.6 is 0 Å². The lowest BCUT2D eigenvalue weighted by Gasteiger charge is -2.26. The number of nitrogens with zero attached hydrogens (tertiary/aromatic N) is 6. The molecule has 25 heavy (non-hydrogen) atoms. The Balaban J connectivity index is 1.46. The summed E-state index contributed by atoms with van der Waals surface area (Å²) in [6, 6.07) is 2.94. The summed E-state index contributed by atoms with van der Waals surface area (Å²) in [5.41, 5.74) is 1.51. The minimum Gasteiger partial charge on any atom is -0.378 e. The van der Waals surface area contributed by atoms with Crippen molar-refractivity contribution in [3.63, 3.8) is 0 Å². The van der Waals surface area contributed by atoms with E-state index in [0.29, 0.717) is 32.3 Å². The van der Waals surface area contributed by atoms with Crippen molar-refractivity contribution in [2.45, 2.75) is 19.6 Å². The van der Waals surface area contributed by atoms with Gasteiger partial charge in [0, 0.05) is 43.7 Å². The molecule has 4 heterocycles. The molecule has 130 valence electrons. The van der Waals surface area contributed by atoms with Gasteiger partial charge < -0.3 is 14.5 Å². The van der Waals surface area contributed by atoms with Crippen LogP contribution in [0, 0.1) is 0 Å². The molecular weight excluding hydrogens is 324 g/mol. The topological polar surface area (TPSA) is 93.5 Å². The molecule has 2 aromatic heterocycles. The maximum absolute atomic E-state index is 12.5. The maximum atomic E-state index is 12.5. The lowest BCUT2D eigenvalue weighted by atomic mass is 10.3. The largest absolute Gasteiger partial charge is 0.378 e. The fourth-order valence-electron chi connectivity index (χ4n) is 2.97. The van der Waals surface area contributed by atoms with Gasteiger partial charge in [-0.05, 0) is 6.07 Å². The summed E-state index contributed by atoms with van der Waals surface area (Å²) in [7, 11) is 0. The molecule has 0 atom stereocenters. The van der Waals surface area contributed by atoms with Gasteiger partial charge in [0.2, 0.25) is 11.9 Å². The Hall–Kier alpha value is -2.81. The highest BCUT2D eigenvalue weighted by Gasteiger charge is 2.26. The first-order chi connectivity index (χ1) is 12.2. The summed E-state index contributed by atoms with van der Waals surface area (Å²) in [6.07, 6.45) is 3.28. The van der Waals surface area contributed by atoms with Crippen molar-refractivity contribution in [1.82, 2.24) is 24.6 Å². The number of carbonyl (C=O) groups excluding carboxylic acids is 1. The smallest absolute Gasteiger partial charge is 0.267 e. The summed E-state index contributed by atoms with van der Waals surface area (Å²) < 4.78 is 6.51. The van der Waals surface area contributed by atoms with E-state index in [2.05, 4.69) is 20.0 Å². The van der Waals surface area contributed by atoms with Crippen molar-refractivity contribution in [2.75, 3.05) is 31.2 Å². The molecule has 0 aliphatic carbocycles. The molecule has 9 heteroatoms. The van der Waals surface area contributed by atoms with Crippen molar-refractivity contribution >= 4 is 11.9 Å². The van der Waals surface area contributed by atoms with E-state index in [0.717, 1.165) is 29.0 Å². The van der Waals surface area contributed by atoms with Gasteiger partial charge in [-0.1, -0.05) is 0 Å². The summed E-state index contributed by atoms with van der Waals surface area (Å²) in [5, 5.41) is 3.92. The number of rotatable bonds is 3. The Morgan fingerprint density at radius 3 is 2.88 bits per heavy atom. The van der Waals surface area contributed by atoms with Crippen molar-refractivity contribution in [2.24, 2.45) is 0 Å². The number of morpholine rings is 1. The SMILES string of the molecule is O=C(Cn1ncccc1=O)N1Cc2cnc(N3CCOCC3)nc2C1. The summed E-state index contributed by atoms with van der Waals surface area (Å²) in [6.45, 7) is 3.69. The lowest BCUT2D eigenvalue weighted by Crippen LogP contribution is -2.37. The second kappa shape index (κ2) is 6.60. The van der Waals surface area contributed by atoms with Crippen LogP contribution in [0.2, 0.25) is 0 Å². The zero-order valence-electron chi connectivity index (χ0n) is 13.7. The molecule has 2 aliphatic heterocycles. The van der Waals surface area contributed by atoms with Crippen molar-refractivity contribution in [1.29, 1.82) is 0 Å². The minimum atomic E-state index is -0.290. The van der Waals surface area contributed by atoms with E-state index < -0.39 is 0 Å². The van der Waals surface area contributed by atoms with Gasteiger partial charge in [0.15, 0.2) is 0 Å². The normalized spacial score (nSPS) is 16.8. The maximum Gasteiger partial charge on any atom is 0.267 e. The number of carbonyl (C=O) groups is 1. The van der Waals surface area contributed by atoms with Gasteiger partial charge >= 0.3 is 0 Å². The number of aromatic nitrogens is 4. The number of hydrogen-bond acceptors (Lipinski definition) is 7. The van der Waals surface area contributed by atoms with Gasteiger partial charge in [-0.3, -0.25) is 9.59 Å². The fourth-order valence-corrected chi connectivity index (χ4v) is 2.97. The molecule has 0 bridgehead atoms. The van der Waals surface area contributed by atoms with Gasteiger partial charge in [-0.25, -0.2) is 14.6 Å². The van der Waals surface area contributed by atoms with Gasteiger partial charge in [0.1, 0.15) is 6.54 Å². The molecule has 1 fully saturated rings. The first-order valence-electron chi connectivity index (χ1n) is 8.18. The zero-order chi connectivity index (χ0) is 17.2. The Labute approximate surface area is 143 Å². The summed E-state index contributed by atoms with van der Waals surface area (Å²) in [4.78, 5) is 37.0. The fraction of sp³-hybridized carbons (Fsp3) is 0.438. The first kappa shape index (κ1) is 15.7.